The number of aliphatic hydroxyl groups excluding tert-OH is 1. The smallest absolute Gasteiger partial charge is 0.125 e. The highest BCUT2D eigenvalue weighted by Gasteiger charge is 2.24. The van der Waals surface area contributed by atoms with Gasteiger partial charge in [0, 0.05) is 30.2 Å². The van der Waals surface area contributed by atoms with Crippen molar-refractivity contribution < 1.29 is 9.50 Å². The molecule has 3 rings (SSSR count). The Balaban J connectivity index is 1.89. The van der Waals surface area contributed by atoms with Gasteiger partial charge in [0.05, 0.1) is 24.0 Å². The Hall–Kier alpha value is -2.40. The van der Waals surface area contributed by atoms with Crippen molar-refractivity contribution in [3.8, 4) is 0 Å². The van der Waals surface area contributed by atoms with Crippen molar-refractivity contribution in [3.63, 3.8) is 0 Å². The first-order valence-electron chi connectivity index (χ1n) is 8.22. The number of rotatable bonds is 5. The SMILES string of the molecule is C=C(Nc1cc(F)ccc1N1CCCCC1CO)c1ccncc1. The summed E-state index contributed by atoms with van der Waals surface area (Å²) in [7, 11) is 0. The van der Waals surface area contributed by atoms with Crippen molar-refractivity contribution in [3.05, 3.63) is 60.7 Å². The van der Waals surface area contributed by atoms with Crippen molar-refractivity contribution in [2.24, 2.45) is 0 Å². The predicted molar refractivity (Wildman–Crippen MR) is 95.4 cm³/mol. The molecule has 0 amide bonds. The minimum absolute atomic E-state index is 0.0685. The number of aliphatic hydroxyl groups is 1. The molecule has 1 unspecified atom stereocenters. The second-order valence-electron chi connectivity index (χ2n) is 6.03. The summed E-state index contributed by atoms with van der Waals surface area (Å²) in [6.07, 6.45) is 6.51. The molecule has 5 heteroatoms. The summed E-state index contributed by atoms with van der Waals surface area (Å²) in [5.74, 6) is -0.304. The fourth-order valence-electron chi connectivity index (χ4n) is 3.15. The van der Waals surface area contributed by atoms with Gasteiger partial charge in [0.15, 0.2) is 0 Å². The van der Waals surface area contributed by atoms with Gasteiger partial charge in [0.2, 0.25) is 0 Å². The molecule has 2 heterocycles. The summed E-state index contributed by atoms with van der Waals surface area (Å²) in [6, 6.07) is 8.48. The Morgan fingerprint density at radius 2 is 2.08 bits per heavy atom. The van der Waals surface area contributed by atoms with Crippen LogP contribution in [0.15, 0.2) is 49.3 Å². The van der Waals surface area contributed by atoms with E-state index in [1.165, 1.54) is 12.1 Å². The quantitative estimate of drug-likeness (QED) is 0.880. The summed E-state index contributed by atoms with van der Waals surface area (Å²) in [6.45, 7) is 5.00. The fourth-order valence-corrected chi connectivity index (χ4v) is 3.15. The van der Waals surface area contributed by atoms with Crippen LogP contribution in [0.1, 0.15) is 24.8 Å². The molecule has 126 valence electrons. The molecular weight excluding hydrogens is 305 g/mol. The topological polar surface area (TPSA) is 48.4 Å². The molecule has 1 fully saturated rings. The van der Waals surface area contributed by atoms with E-state index < -0.39 is 0 Å². The predicted octanol–water partition coefficient (Wildman–Crippen LogP) is 3.65. The van der Waals surface area contributed by atoms with Crippen LogP contribution in [0.4, 0.5) is 15.8 Å². The van der Waals surface area contributed by atoms with Gasteiger partial charge >= 0.3 is 0 Å². The van der Waals surface area contributed by atoms with Crippen molar-refractivity contribution in [2.45, 2.75) is 25.3 Å². The second-order valence-corrected chi connectivity index (χ2v) is 6.03. The minimum atomic E-state index is -0.304. The molecule has 0 bridgehead atoms. The van der Waals surface area contributed by atoms with Crippen molar-refractivity contribution in [1.82, 2.24) is 4.98 Å². The maximum absolute atomic E-state index is 13.8. The van der Waals surface area contributed by atoms with E-state index in [-0.39, 0.29) is 18.5 Å². The normalized spacial score (nSPS) is 17.6. The molecule has 0 saturated carbocycles. The van der Waals surface area contributed by atoms with E-state index in [1.807, 2.05) is 12.1 Å². The maximum atomic E-state index is 13.8. The van der Waals surface area contributed by atoms with E-state index in [9.17, 15) is 9.50 Å². The van der Waals surface area contributed by atoms with Gasteiger partial charge < -0.3 is 15.3 Å². The van der Waals surface area contributed by atoms with E-state index in [0.717, 1.165) is 37.1 Å². The summed E-state index contributed by atoms with van der Waals surface area (Å²) in [4.78, 5) is 6.15. The average molecular weight is 327 g/mol. The standard InChI is InChI=1S/C19H22FN3O/c1-14(15-7-9-21-10-8-15)22-18-12-16(20)5-6-19(18)23-11-3-2-4-17(23)13-24/h5-10,12,17,22,24H,1-4,11,13H2. The van der Waals surface area contributed by atoms with E-state index in [1.54, 1.807) is 18.5 Å². The number of nitrogens with zero attached hydrogens (tertiary/aromatic N) is 2. The Morgan fingerprint density at radius 1 is 1.29 bits per heavy atom. The van der Waals surface area contributed by atoms with Crippen LogP contribution in [0, 0.1) is 5.82 Å². The van der Waals surface area contributed by atoms with Gasteiger partial charge in [-0.15, -0.1) is 0 Å². The van der Waals surface area contributed by atoms with Gasteiger partial charge in [0.25, 0.3) is 0 Å². The van der Waals surface area contributed by atoms with Crippen molar-refractivity contribution in [2.75, 3.05) is 23.4 Å². The molecule has 4 nitrogen and oxygen atoms in total. The van der Waals surface area contributed by atoms with Gasteiger partial charge in [-0.25, -0.2) is 4.39 Å². The number of nitrogens with one attached hydrogen (secondary N) is 1. The van der Waals surface area contributed by atoms with Gasteiger partial charge in [-0.2, -0.15) is 0 Å². The van der Waals surface area contributed by atoms with Gasteiger partial charge in [-0.05, 0) is 49.6 Å². The van der Waals surface area contributed by atoms with Gasteiger partial charge in [-0.1, -0.05) is 6.58 Å². The lowest BCUT2D eigenvalue weighted by atomic mass is 10.0. The maximum Gasteiger partial charge on any atom is 0.125 e. The molecule has 24 heavy (non-hydrogen) atoms. The number of aromatic nitrogens is 1. The number of hydrogen-bond acceptors (Lipinski definition) is 4. The number of pyridine rings is 1. The van der Waals surface area contributed by atoms with Gasteiger partial charge in [0.1, 0.15) is 5.82 Å². The van der Waals surface area contributed by atoms with Gasteiger partial charge in [-0.3, -0.25) is 4.98 Å². The molecule has 1 aromatic heterocycles. The largest absolute Gasteiger partial charge is 0.394 e. The molecular formula is C19H22FN3O. The van der Waals surface area contributed by atoms with Crippen molar-refractivity contribution >= 4 is 17.1 Å². The van der Waals surface area contributed by atoms with Crippen LogP contribution in [0.5, 0.6) is 0 Å². The molecule has 0 radical (unpaired) electrons. The number of anilines is 2. The molecule has 2 aromatic rings. The molecule has 1 aliphatic rings. The Labute approximate surface area is 141 Å². The summed E-state index contributed by atoms with van der Waals surface area (Å²) in [5.41, 5.74) is 3.14. The average Bonchev–Trinajstić information content (AvgIpc) is 2.62. The zero-order chi connectivity index (χ0) is 16.9. The van der Waals surface area contributed by atoms with Crippen LogP contribution in [-0.2, 0) is 0 Å². The van der Waals surface area contributed by atoms with E-state index >= 15 is 0 Å². The highest BCUT2D eigenvalue weighted by molar-refractivity contribution is 5.82. The first kappa shape index (κ1) is 16.5. The van der Waals surface area contributed by atoms with Crippen LogP contribution >= 0.6 is 0 Å². The van der Waals surface area contributed by atoms with Crippen molar-refractivity contribution in [1.29, 1.82) is 0 Å². The zero-order valence-electron chi connectivity index (χ0n) is 13.6. The van der Waals surface area contributed by atoms with E-state index in [0.29, 0.717) is 11.4 Å². The van der Waals surface area contributed by atoms with Crippen LogP contribution in [0.25, 0.3) is 5.70 Å². The second kappa shape index (κ2) is 7.45. The first-order valence-corrected chi connectivity index (χ1v) is 8.22. The monoisotopic (exact) mass is 327 g/mol. The van der Waals surface area contributed by atoms with Crippen LogP contribution in [0.3, 0.4) is 0 Å². The third-order valence-electron chi connectivity index (χ3n) is 4.42. The number of benzene rings is 1. The molecule has 1 saturated heterocycles. The lowest BCUT2D eigenvalue weighted by molar-refractivity contribution is 0.240. The minimum Gasteiger partial charge on any atom is -0.394 e. The molecule has 1 aliphatic heterocycles. The number of hydrogen-bond donors (Lipinski definition) is 2. The van der Waals surface area contributed by atoms with Crippen LogP contribution in [0.2, 0.25) is 0 Å². The summed E-state index contributed by atoms with van der Waals surface area (Å²) < 4.78 is 13.8. The van der Waals surface area contributed by atoms with Crippen LogP contribution < -0.4 is 10.2 Å². The number of piperidine rings is 1. The molecule has 2 N–H and O–H groups in total. The Kier molecular flexibility index (Phi) is 5.11. The number of halogens is 1. The summed E-state index contributed by atoms with van der Waals surface area (Å²) >= 11 is 0. The Bertz CT molecular complexity index is 705. The molecule has 1 aromatic carbocycles. The first-order chi connectivity index (χ1) is 11.7. The Morgan fingerprint density at radius 3 is 2.83 bits per heavy atom. The van der Waals surface area contributed by atoms with Crippen LogP contribution in [-0.4, -0.2) is 29.3 Å². The third-order valence-corrected chi connectivity index (χ3v) is 4.42. The molecule has 0 spiro atoms. The third kappa shape index (κ3) is 3.57. The fraction of sp³-hybridized carbons (Fsp3) is 0.316. The van der Waals surface area contributed by atoms with E-state index in [4.69, 9.17) is 0 Å². The highest BCUT2D eigenvalue weighted by Crippen LogP contribution is 2.33. The molecule has 1 atom stereocenters. The molecule has 0 aliphatic carbocycles. The lowest BCUT2D eigenvalue weighted by Gasteiger charge is -2.37. The zero-order valence-corrected chi connectivity index (χ0v) is 13.6. The highest BCUT2D eigenvalue weighted by atomic mass is 19.1. The van der Waals surface area contributed by atoms with E-state index in [2.05, 4.69) is 21.8 Å². The summed E-state index contributed by atoms with van der Waals surface area (Å²) in [5, 5.41) is 12.9. The lowest BCUT2D eigenvalue weighted by Crippen LogP contribution is -2.42.